The van der Waals surface area contributed by atoms with Gasteiger partial charge in [0, 0.05) is 9.13 Å². The van der Waals surface area contributed by atoms with Crippen molar-refractivity contribution in [1.82, 2.24) is 9.97 Å². The van der Waals surface area contributed by atoms with Crippen LogP contribution in [0.25, 0.3) is 11.3 Å². The molecule has 1 aromatic heterocycles. The number of hydrogen-bond acceptors (Lipinski definition) is 5. The van der Waals surface area contributed by atoms with E-state index in [-0.39, 0.29) is 22.4 Å². The summed E-state index contributed by atoms with van der Waals surface area (Å²) in [6, 6.07) is 6.51. The van der Waals surface area contributed by atoms with E-state index in [4.69, 9.17) is 5.26 Å². The van der Waals surface area contributed by atoms with E-state index in [0.717, 1.165) is 3.57 Å². The quantitative estimate of drug-likeness (QED) is 0.455. The van der Waals surface area contributed by atoms with Crippen LogP contribution in [0.5, 0.6) is 0 Å². The van der Waals surface area contributed by atoms with Crippen LogP contribution >= 0.6 is 34.4 Å². The second-order valence-electron chi connectivity index (χ2n) is 3.91. The summed E-state index contributed by atoms with van der Waals surface area (Å²) in [7, 11) is 0. The third kappa shape index (κ3) is 3.08. The van der Waals surface area contributed by atoms with Crippen LogP contribution in [0.2, 0.25) is 0 Å². The van der Waals surface area contributed by atoms with Crippen LogP contribution in [-0.4, -0.2) is 27.3 Å². The summed E-state index contributed by atoms with van der Waals surface area (Å²) < 4.78 is 0.738. The van der Waals surface area contributed by atoms with Crippen LogP contribution in [0.3, 0.4) is 0 Å². The number of aromatic carboxylic acids is 1. The summed E-state index contributed by atoms with van der Waals surface area (Å²) >= 11 is 3.20. The molecule has 0 bridgehead atoms. The fourth-order valence-electron chi connectivity index (χ4n) is 1.75. The van der Waals surface area contributed by atoms with Gasteiger partial charge in [-0.15, -0.1) is 0 Å². The van der Waals surface area contributed by atoms with Crippen LogP contribution in [0, 0.1) is 14.9 Å². The van der Waals surface area contributed by atoms with Crippen molar-refractivity contribution >= 4 is 40.3 Å². The first kappa shape index (κ1) is 15.5. The minimum absolute atomic E-state index is 0.00329. The molecule has 0 aliphatic carbocycles. The second kappa shape index (κ2) is 6.28. The van der Waals surface area contributed by atoms with Crippen molar-refractivity contribution in [1.29, 1.82) is 5.26 Å². The van der Waals surface area contributed by atoms with Crippen molar-refractivity contribution in [3.63, 3.8) is 0 Å². The number of carboxylic acids is 1. The van der Waals surface area contributed by atoms with Crippen LogP contribution in [0.1, 0.15) is 15.9 Å². The minimum Gasteiger partial charge on any atom is -0.478 e. The Morgan fingerprint density at radius 1 is 1.52 bits per heavy atom. The highest BCUT2D eigenvalue weighted by Gasteiger charge is 2.19. The SMILES string of the molecule is CSc1nc(-c2ccc(I)cc2C(=O)O)c(C#N)c(=O)[nH]1. The second-order valence-corrected chi connectivity index (χ2v) is 5.95. The molecule has 0 fully saturated rings. The molecule has 21 heavy (non-hydrogen) atoms. The summed E-state index contributed by atoms with van der Waals surface area (Å²) in [5, 5.41) is 18.8. The molecule has 2 aromatic rings. The Labute approximate surface area is 137 Å². The average Bonchev–Trinajstić information content (AvgIpc) is 2.46. The molecule has 2 N–H and O–H groups in total. The maximum Gasteiger partial charge on any atom is 0.336 e. The zero-order chi connectivity index (χ0) is 15.6. The number of aromatic nitrogens is 2. The Bertz CT molecular complexity index is 826. The maximum absolute atomic E-state index is 11.9. The molecule has 1 heterocycles. The van der Waals surface area contributed by atoms with Crippen molar-refractivity contribution < 1.29 is 9.90 Å². The predicted molar refractivity (Wildman–Crippen MR) is 86.5 cm³/mol. The summed E-state index contributed by atoms with van der Waals surface area (Å²) in [5.41, 5.74) is -0.443. The maximum atomic E-state index is 11.9. The third-order valence-electron chi connectivity index (χ3n) is 2.67. The lowest BCUT2D eigenvalue weighted by atomic mass is 10.0. The first-order valence-corrected chi connectivity index (χ1v) is 7.90. The molecule has 0 saturated carbocycles. The van der Waals surface area contributed by atoms with Crippen molar-refractivity contribution in [3.05, 3.63) is 43.2 Å². The van der Waals surface area contributed by atoms with Gasteiger partial charge >= 0.3 is 5.97 Å². The highest BCUT2D eigenvalue weighted by molar-refractivity contribution is 14.1. The Hall–Kier alpha value is -1.86. The van der Waals surface area contributed by atoms with E-state index in [1.165, 1.54) is 17.8 Å². The molecule has 1 aromatic carbocycles. The minimum atomic E-state index is -1.14. The average molecular weight is 413 g/mol. The Morgan fingerprint density at radius 3 is 2.81 bits per heavy atom. The molecule has 0 atom stereocenters. The number of carbonyl (C=O) groups is 1. The number of aromatic amines is 1. The summed E-state index contributed by atoms with van der Waals surface area (Å²) in [6.45, 7) is 0. The van der Waals surface area contributed by atoms with E-state index in [2.05, 4.69) is 9.97 Å². The van der Waals surface area contributed by atoms with E-state index in [0.29, 0.717) is 5.16 Å². The van der Waals surface area contributed by atoms with Gasteiger partial charge in [-0.25, -0.2) is 9.78 Å². The highest BCUT2D eigenvalue weighted by atomic mass is 127. The summed E-state index contributed by atoms with van der Waals surface area (Å²) in [6.07, 6.45) is 1.72. The van der Waals surface area contributed by atoms with Gasteiger partial charge in [0.25, 0.3) is 5.56 Å². The van der Waals surface area contributed by atoms with Crippen LogP contribution in [0.15, 0.2) is 28.2 Å². The molecular formula is C13H8IN3O3S. The van der Waals surface area contributed by atoms with E-state index < -0.39 is 11.5 Å². The molecule has 0 amide bonds. The Morgan fingerprint density at radius 2 is 2.24 bits per heavy atom. The van der Waals surface area contributed by atoms with Gasteiger partial charge in [0.1, 0.15) is 11.6 Å². The summed E-state index contributed by atoms with van der Waals surface area (Å²) in [4.78, 5) is 29.9. The molecule has 0 unspecified atom stereocenters. The lowest BCUT2D eigenvalue weighted by Crippen LogP contribution is -2.15. The largest absolute Gasteiger partial charge is 0.478 e. The molecule has 8 heteroatoms. The molecule has 6 nitrogen and oxygen atoms in total. The van der Waals surface area contributed by atoms with E-state index in [1.807, 2.05) is 22.6 Å². The lowest BCUT2D eigenvalue weighted by Gasteiger charge is -2.08. The van der Waals surface area contributed by atoms with Crippen LogP contribution in [-0.2, 0) is 0 Å². The van der Waals surface area contributed by atoms with Crippen molar-refractivity contribution in [3.8, 4) is 17.3 Å². The number of benzene rings is 1. The number of halogens is 1. The zero-order valence-corrected chi connectivity index (χ0v) is 13.7. The van der Waals surface area contributed by atoms with Crippen LogP contribution < -0.4 is 5.56 Å². The predicted octanol–water partition coefficient (Wildman–Crippen LogP) is 2.33. The molecule has 0 saturated heterocycles. The number of H-pyrrole nitrogens is 1. The van der Waals surface area contributed by atoms with Crippen molar-refractivity contribution in [2.24, 2.45) is 0 Å². The molecular weight excluding hydrogens is 405 g/mol. The van der Waals surface area contributed by atoms with Crippen LogP contribution in [0.4, 0.5) is 0 Å². The fraction of sp³-hybridized carbons (Fsp3) is 0.0769. The topological polar surface area (TPSA) is 107 Å². The van der Waals surface area contributed by atoms with Gasteiger partial charge in [0.15, 0.2) is 5.16 Å². The van der Waals surface area contributed by atoms with Gasteiger partial charge in [-0.2, -0.15) is 5.26 Å². The third-order valence-corrected chi connectivity index (χ3v) is 3.92. The molecule has 0 aliphatic heterocycles. The number of thioether (sulfide) groups is 1. The molecule has 106 valence electrons. The number of hydrogen-bond donors (Lipinski definition) is 2. The van der Waals surface area contributed by atoms with Gasteiger partial charge in [0.05, 0.1) is 11.3 Å². The number of rotatable bonds is 3. The van der Waals surface area contributed by atoms with Gasteiger partial charge in [-0.05, 0) is 41.0 Å². The molecule has 0 spiro atoms. The number of nitriles is 1. The van der Waals surface area contributed by atoms with Crippen molar-refractivity contribution in [2.45, 2.75) is 5.16 Å². The molecule has 0 aliphatic rings. The van der Waals surface area contributed by atoms with Gasteiger partial charge in [-0.1, -0.05) is 17.8 Å². The molecule has 0 radical (unpaired) electrons. The number of nitrogens with zero attached hydrogens (tertiary/aromatic N) is 2. The fourth-order valence-corrected chi connectivity index (χ4v) is 2.62. The van der Waals surface area contributed by atoms with E-state index >= 15 is 0 Å². The normalized spacial score (nSPS) is 10.1. The zero-order valence-electron chi connectivity index (χ0n) is 10.7. The Balaban J connectivity index is 2.84. The standard InChI is InChI=1S/C13H8IN3O3S/c1-21-13-16-10(9(5-15)11(18)17-13)7-3-2-6(14)4-8(7)12(19)20/h2-4H,1H3,(H,19,20)(H,16,17,18). The number of carboxylic acid groups (broad SMARTS) is 1. The first-order chi connectivity index (χ1) is 9.97. The monoisotopic (exact) mass is 413 g/mol. The highest BCUT2D eigenvalue weighted by Crippen LogP contribution is 2.26. The van der Waals surface area contributed by atoms with Gasteiger partial charge < -0.3 is 10.1 Å². The van der Waals surface area contributed by atoms with Gasteiger partial charge in [0.2, 0.25) is 0 Å². The smallest absolute Gasteiger partial charge is 0.336 e. The van der Waals surface area contributed by atoms with Crippen molar-refractivity contribution in [2.75, 3.05) is 6.26 Å². The summed E-state index contributed by atoms with van der Waals surface area (Å²) in [5.74, 6) is -1.14. The van der Waals surface area contributed by atoms with E-state index in [9.17, 15) is 14.7 Å². The first-order valence-electron chi connectivity index (χ1n) is 5.59. The lowest BCUT2D eigenvalue weighted by molar-refractivity contribution is 0.0697. The Kier molecular flexibility index (Phi) is 4.64. The van der Waals surface area contributed by atoms with E-state index in [1.54, 1.807) is 24.5 Å². The number of nitrogens with one attached hydrogen (secondary N) is 1. The molecule has 2 rings (SSSR count). The van der Waals surface area contributed by atoms with Gasteiger partial charge in [-0.3, -0.25) is 4.79 Å².